The lowest BCUT2D eigenvalue weighted by Gasteiger charge is -2.19. The van der Waals surface area contributed by atoms with E-state index in [4.69, 9.17) is 34.4 Å². The minimum absolute atomic E-state index is 0.335. The standard InChI is InChI=1S/C35H21N5O2/c1-3-11-22(12-4-1)31-38-32(23-13-5-2-6-14-23)40-33(39-31)25-16-9-15-24(21-25)26-17-10-18-27-30(26)37-35-34(36-27)41-28-19-7-8-20-29(28)42-35/h1-21H. The number of aromatic nitrogens is 5. The normalized spacial score (nSPS) is 11.7. The van der Waals surface area contributed by atoms with Crippen molar-refractivity contribution >= 4 is 11.0 Å². The molecule has 8 rings (SSSR count). The van der Waals surface area contributed by atoms with E-state index in [1.54, 1.807) is 0 Å². The molecule has 0 saturated carbocycles. The highest BCUT2D eigenvalue weighted by atomic mass is 16.6. The van der Waals surface area contributed by atoms with Gasteiger partial charge in [0, 0.05) is 22.3 Å². The van der Waals surface area contributed by atoms with Gasteiger partial charge in [-0.3, -0.25) is 0 Å². The molecule has 0 saturated heterocycles. The summed E-state index contributed by atoms with van der Waals surface area (Å²) in [6.07, 6.45) is 0. The number of benzene rings is 5. The summed E-state index contributed by atoms with van der Waals surface area (Å²) >= 11 is 0. The van der Waals surface area contributed by atoms with Crippen molar-refractivity contribution < 1.29 is 9.47 Å². The van der Waals surface area contributed by atoms with Crippen LogP contribution in [0.4, 0.5) is 0 Å². The van der Waals surface area contributed by atoms with E-state index in [0.717, 1.165) is 27.8 Å². The van der Waals surface area contributed by atoms with Gasteiger partial charge in [-0.25, -0.2) is 24.9 Å². The van der Waals surface area contributed by atoms with Gasteiger partial charge in [-0.05, 0) is 29.8 Å². The SMILES string of the molecule is c1ccc(-c2nc(-c3ccccc3)nc(-c3cccc(-c4cccc5nc6c(nc45)Oc4ccccc4O6)c3)n2)cc1. The lowest BCUT2D eigenvalue weighted by Crippen LogP contribution is -2.03. The maximum atomic E-state index is 6.05. The number of rotatable bonds is 4. The van der Waals surface area contributed by atoms with Gasteiger partial charge in [0.05, 0.1) is 5.52 Å². The van der Waals surface area contributed by atoms with Gasteiger partial charge in [0.2, 0.25) is 0 Å². The number of nitrogens with zero attached hydrogens (tertiary/aromatic N) is 5. The van der Waals surface area contributed by atoms with Crippen LogP contribution in [0.15, 0.2) is 127 Å². The third-order valence-electron chi connectivity index (χ3n) is 7.03. The molecule has 0 unspecified atom stereocenters. The number of hydrogen-bond donors (Lipinski definition) is 0. The Bertz CT molecular complexity index is 2040. The van der Waals surface area contributed by atoms with E-state index in [1.807, 2.05) is 121 Å². The summed E-state index contributed by atoms with van der Waals surface area (Å²) in [5.74, 6) is 3.72. The lowest BCUT2D eigenvalue weighted by molar-refractivity contribution is 0.339. The van der Waals surface area contributed by atoms with Gasteiger partial charge < -0.3 is 9.47 Å². The van der Waals surface area contributed by atoms with Crippen molar-refractivity contribution in [3.63, 3.8) is 0 Å². The molecule has 7 aromatic rings. The first-order valence-corrected chi connectivity index (χ1v) is 13.5. The quantitative estimate of drug-likeness (QED) is 0.220. The van der Waals surface area contributed by atoms with Gasteiger partial charge in [0.25, 0.3) is 11.8 Å². The first-order valence-electron chi connectivity index (χ1n) is 13.5. The maximum Gasteiger partial charge on any atom is 0.284 e. The molecule has 1 aliphatic heterocycles. The second kappa shape index (κ2) is 9.91. The molecule has 2 aromatic heterocycles. The first kappa shape index (κ1) is 23.9. The molecule has 0 radical (unpaired) electrons. The summed E-state index contributed by atoms with van der Waals surface area (Å²) in [5.41, 5.74) is 5.99. The van der Waals surface area contributed by atoms with Crippen LogP contribution in [0.1, 0.15) is 0 Å². The van der Waals surface area contributed by atoms with E-state index in [1.165, 1.54) is 0 Å². The molecule has 7 heteroatoms. The molecule has 198 valence electrons. The average molecular weight is 544 g/mol. The molecule has 0 aliphatic carbocycles. The molecule has 0 fully saturated rings. The van der Waals surface area contributed by atoms with Crippen molar-refractivity contribution in [3.8, 4) is 68.5 Å². The Hall–Kier alpha value is -5.95. The van der Waals surface area contributed by atoms with Crippen molar-refractivity contribution in [3.05, 3.63) is 127 Å². The summed E-state index contributed by atoms with van der Waals surface area (Å²) in [4.78, 5) is 24.2. The zero-order valence-electron chi connectivity index (χ0n) is 22.2. The molecule has 5 aromatic carbocycles. The van der Waals surface area contributed by atoms with Crippen LogP contribution in [0.25, 0.3) is 56.3 Å². The molecule has 0 atom stereocenters. The van der Waals surface area contributed by atoms with Gasteiger partial charge in [-0.2, -0.15) is 0 Å². The molecule has 0 amide bonds. The van der Waals surface area contributed by atoms with Crippen LogP contribution >= 0.6 is 0 Å². The Kier molecular flexibility index (Phi) is 5.64. The van der Waals surface area contributed by atoms with E-state index >= 15 is 0 Å². The molecular formula is C35H21N5O2. The van der Waals surface area contributed by atoms with Crippen molar-refractivity contribution in [1.29, 1.82) is 0 Å². The number of hydrogen-bond acceptors (Lipinski definition) is 7. The van der Waals surface area contributed by atoms with Crippen LogP contribution in [0.2, 0.25) is 0 Å². The van der Waals surface area contributed by atoms with Gasteiger partial charge in [-0.1, -0.05) is 103 Å². The van der Waals surface area contributed by atoms with Crippen molar-refractivity contribution in [2.45, 2.75) is 0 Å². The van der Waals surface area contributed by atoms with Crippen molar-refractivity contribution in [1.82, 2.24) is 24.9 Å². The average Bonchev–Trinajstić information content (AvgIpc) is 3.07. The highest BCUT2D eigenvalue weighted by Gasteiger charge is 2.23. The highest BCUT2D eigenvalue weighted by molar-refractivity contribution is 5.93. The number of fused-ring (bicyclic) bond motifs is 3. The minimum atomic E-state index is 0.335. The number of para-hydroxylation sites is 3. The molecule has 0 bridgehead atoms. The van der Waals surface area contributed by atoms with Crippen LogP contribution in [0.3, 0.4) is 0 Å². The van der Waals surface area contributed by atoms with E-state index in [9.17, 15) is 0 Å². The Labute approximate surface area is 241 Å². The Morgan fingerprint density at radius 2 is 0.881 bits per heavy atom. The fourth-order valence-electron chi connectivity index (χ4n) is 5.00. The van der Waals surface area contributed by atoms with Crippen LogP contribution < -0.4 is 9.47 Å². The lowest BCUT2D eigenvalue weighted by atomic mass is 10.0. The van der Waals surface area contributed by atoms with Gasteiger partial charge in [0.1, 0.15) is 5.52 Å². The van der Waals surface area contributed by atoms with E-state index < -0.39 is 0 Å². The van der Waals surface area contributed by atoms with Crippen LogP contribution in [-0.4, -0.2) is 24.9 Å². The van der Waals surface area contributed by atoms with E-state index in [-0.39, 0.29) is 0 Å². The monoisotopic (exact) mass is 543 g/mol. The molecule has 7 nitrogen and oxygen atoms in total. The predicted octanol–water partition coefficient (Wildman–Crippen LogP) is 8.38. The zero-order chi connectivity index (χ0) is 27.9. The van der Waals surface area contributed by atoms with E-state index in [0.29, 0.717) is 51.8 Å². The Morgan fingerprint density at radius 1 is 0.381 bits per heavy atom. The topological polar surface area (TPSA) is 82.9 Å². The largest absolute Gasteiger partial charge is 0.431 e. The molecule has 0 spiro atoms. The summed E-state index contributed by atoms with van der Waals surface area (Å²) in [5, 5.41) is 0. The molecule has 0 N–H and O–H groups in total. The first-order chi connectivity index (χ1) is 20.8. The van der Waals surface area contributed by atoms with Gasteiger partial charge in [0.15, 0.2) is 29.0 Å². The smallest absolute Gasteiger partial charge is 0.284 e. The predicted molar refractivity (Wildman–Crippen MR) is 161 cm³/mol. The third-order valence-corrected chi connectivity index (χ3v) is 7.03. The molecular weight excluding hydrogens is 522 g/mol. The molecule has 42 heavy (non-hydrogen) atoms. The van der Waals surface area contributed by atoms with Gasteiger partial charge in [-0.15, -0.1) is 0 Å². The summed E-state index contributed by atoms with van der Waals surface area (Å²) in [6, 6.07) is 41.4. The van der Waals surface area contributed by atoms with Crippen LogP contribution in [0.5, 0.6) is 23.3 Å². The zero-order valence-corrected chi connectivity index (χ0v) is 22.2. The van der Waals surface area contributed by atoms with Crippen LogP contribution in [-0.2, 0) is 0 Å². The minimum Gasteiger partial charge on any atom is -0.431 e. The number of ether oxygens (including phenoxy) is 2. The summed E-state index contributed by atoms with van der Waals surface area (Å²) in [6.45, 7) is 0. The van der Waals surface area contributed by atoms with Gasteiger partial charge >= 0.3 is 0 Å². The van der Waals surface area contributed by atoms with Crippen molar-refractivity contribution in [2.75, 3.05) is 0 Å². The fraction of sp³-hybridized carbons (Fsp3) is 0. The van der Waals surface area contributed by atoms with E-state index in [2.05, 4.69) is 6.07 Å². The Balaban J connectivity index is 1.25. The molecule has 3 heterocycles. The second-order valence-electron chi connectivity index (χ2n) is 9.78. The summed E-state index contributed by atoms with van der Waals surface area (Å²) < 4.78 is 12.0. The van der Waals surface area contributed by atoms with Crippen LogP contribution in [0, 0.1) is 0 Å². The summed E-state index contributed by atoms with van der Waals surface area (Å²) in [7, 11) is 0. The Morgan fingerprint density at radius 3 is 1.52 bits per heavy atom. The maximum absolute atomic E-state index is 6.05. The van der Waals surface area contributed by atoms with Crippen molar-refractivity contribution in [2.24, 2.45) is 0 Å². The molecule has 1 aliphatic rings. The highest BCUT2D eigenvalue weighted by Crippen LogP contribution is 2.44. The third kappa shape index (κ3) is 4.30. The second-order valence-corrected chi connectivity index (χ2v) is 9.78. The fourth-order valence-corrected chi connectivity index (χ4v) is 5.00.